The van der Waals surface area contributed by atoms with Gasteiger partial charge in [0, 0.05) is 25.4 Å². The van der Waals surface area contributed by atoms with Crippen LogP contribution in [0.4, 0.5) is 0 Å². The van der Waals surface area contributed by atoms with Gasteiger partial charge in [-0.05, 0) is 55.9 Å². The van der Waals surface area contributed by atoms with Crippen LogP contribution in [0.3, 0.4) is 0 Å². The Hall–Kier alpha value is -3.08. The Morgan fingerprint density at radius 2 is 1.88 bits per heavy atom. The molecule has 3 aromatic rings. The summed E-state index contributed by atoms with van der Waals surface area (Å²) in [6, 6.07) is 16.4. The molecule has 176 valence electrons. The first-order chi connectivity index (χ1) is 16.2. The van der Waals surface area contributed by atoms with Crippen LogP contribution in [-0.4, -0.2) is 28.6 Å². The molecule has 2 aromatic carbocycles. The van der Waals surface area contributed by atoms with Crippen LogP contribution < -0.4 is 10.1 Å². The summed E-state index contributed by atoms with van der Waals surface area (Å²) in [4.78, 5) is 17.2. The third-order valence-electron chi connectivity index (χ3n) is 6.11. The van der Waals surface area contributed by atoms with E-state index < -0.39 is 0 Å². The number of imidazole rings is 1. The zero-order valence-corrected chi connectivity index (χ0v) is 20.1. The standard InChI is InChI=1S/C28H37N3O2/c1-4-13-23-14-7-10-17-26(23)33-21-12-11-20-31-25-16-9-8-15-24(25)30-27(31)18-19-29-28(32)22(5-2)6-3/h4,7-10,14-17,22H,1,5-6,11-13,18-21H2,2-3H3,(H,29,32). The Morgan fingerprint density at radius 1 is 1.12 bits per heavy atom. The first kappa shape index (κ1) is 24.6. The third-order valence-corrected chi connectivity index (χ3v) is 6.11. The van der Waals surface area contributed by atoms with Crippen molar-refractivity contribution >= 4 is 16.9 Å². The highest BCUT2D eigenvalue weighted by molar-refractivity contribution is 5.78. The predicted molar refractivity (Wildman–Crippen MR) is 136 cm³/mol. The molecule has 3 rings (SSSR count). The minimum absolute atomic E-state index is 0.0976. The number of carbonyl (C=O) groups excluding carboxylic acids is 1. The lowest BCUT2D eigenvalue weighted by Gasteiger charge is -2.14. The topological polar surface area (TPSA) is 56.1 Å². The molecule has 0 atom stereocenters. The lowest BCUT2D eigenvalue weighted by molar-refractivity contribution is -0.125. The number of ether oxygens (including phenoxy) is 1. The van der Waals surface area contributed by atoms with Gasteiger partial charge in [-0.2, -0.15) is 0 Å². The smallest absolute Gasteiger partial charge is 0.223 e. The molecule has 0 fully saturated rings. The van der Waals surface area contributed by atoms with Crippen molar-refractivity contribution in [3.8, 4) is 5.75 Å². The fourth-order valence-electron chi connectivity index (χ4n) is 4.19. The predicted octanol–water partition coefficient (Wildman–Crippen LogP) is 5.72. The molecule has 0 saturated carbocycles. The van der Waals surface area contributed by atoms with E-state index in [9.17, 15) is 4.79 Å². The number of carbonyl (C=O) groups is 1. The normalized spacial score (nSPS) is 11.1. The summed E-state index contributed by atoms with van der Waals surface area (Å²) >= 11 is 0. The second kappa shape index (κ2) is 12.8. The molecular formula is C28H37N3O2. The molecule has 1 aromatic heterocycles. The molecular weight excluding hydrogens is 410 g/mol. The van der Waals surface area contributed by atoms with Gasteiger partial charge in [0.05, 0.1) is 17.6 Å². The molecule has 0 aliphatic rings. The monoisotopic (exact) mass is 447 g/mol. The van der Waals surface area contributed by atoms with E-state index in [-0.39, 0.29) is 11.8 Å². The molecule has 0 aliphatic carbocycles. The Kier molecular flexibility index (Phi) is 9.55. The number of amides is 1. The van der Waals surface area contributed by atoms with Gasteiger partial charge in [-0.15, -0.1) is 6.58 Å². The van der Waals surface area contributed by atoms with Crippen LogP contribution >= 0.6 is 0 Å². The Bertz CT molecular complexity index is 1040. The van der Waals surface area contributed by atoms with Gasteiger partial charge >= 0.3 is 0 Å². The summed E-state index contributed by atoms with van der Waals surface area (Å²) in [5.41, 5.74) is 3.33. The van der Waals surface area contributed by atoms with Crippen molar-refractivity contribution in [2.45, 2.75) is 58.9 Å². The van der Waals surface area contributed by atoms with E-state index in [0.29, 0.717) is 13.2 Å². The first-order valence-electron chi connectivity index (χ1n) is 12.2. The van der Waals surface area contributed by atoms with Crippen molar-refractivity contribution in [3.05, 3.63) is 72.6 Å². The number of benzene rings is 2. The van der Waals surface area contributed by atoms with Crippen LogP contribution in [0, 0.1) is 5.92 Å². The molecule has 0 unspecified atom stereocenters. The van der Waals surface area contributed by atoms with Crippen molar-refractivity contribution in [2.75, 3.05) is 13.2 Å². The maximum atomic E-state index is 12.3. The molecule has 1 amide bonds. The van der Waals surface area contributed by atoms with E-state index in [4.69, 9.17) is 9.72 Å². The molecule has 0 aliphatic heterocycles. The van der Waals surface area contributed by atoms with Crippen molar-refractivity contribution in [1.82, 2.24) is 14.9 Å². The lowest BCUT2D eigenvalue weighted by Crippen LogP contribution is -2.32. The Labute approximate surface area is 197 Å². The van der Waals surface area contributed by atoms with Crippen molar-refractivity contribution in [1.29, 1.82) is 0 Å². The molecule has 1 heterocycles. The summed E-state index contributed by atoms with van der Waals surface area (Å²) in [6.07, 6.45) is 7.15. The van der Waals surface area contributed by atoms with Gasteiger partial charge in [-0.3, -0.25) is 4.79 Å². The van der Waals surface area contributed by atoms with Crippen LogP contribution in [0.1, 0.15) is 50.9 Å². The number of hydrogen-bond acceptors (Lipinski definition) is 3. The second-order valence-corrected chi connectivity index (χ2v) is 8.38. The van der Waals surface area contributed by atoms with Crippen molar-refractivity contribution in [3.63, 3.8) is 0 Å². The quantitative estimate of drug-likeness (QED) is 0.254. The first-order valence-corrected chi connectivity index (χ1v) is 12.2. The average Bonchev–Trinajstić information content (AvgIpc) is 3.18. The number of allylic oxidation sites excluding steroid dienone is 1. The van der Waals surface area contributed by atoms with Crippen LogP contribution in [0.25, 0.3) is 11.0 Å². The highest BCUT2D eigenvalue weighted by Crippen LogP contribution is 2.20. The zero-order chi connectivity index (χ0) is 23.5. The molecule has 5 heteroatoms. The Balaban J connectivity index is 1.56. The minimum atomic E-state index is 0.0976. The van der Waals surface area contributed by atoms with Gasteiger partial charge in [0.1, 0.15) is 11.6 Å². The van der Waals surface area contributed by atoms with E-state index in [1.54, 1.807) is 0 Å². The maximum absolute atomic E-state index is 12.3. The van der Waals surface area contributed by atoms with Gasteiger partial charge < -0.3 is 14.6 Å². The zero-order valence-electron chi connectivity index (χ0n) is 20.1. The second-order valence-electron chi connectivity index (χ2n) is 8.38. The molecule has 0 bridgehead atoms. The fourth-order valence-corrected chi connectivity index (χ4v) is 4.19. The van der Waals surface area contributed by atoms with Gasteiger partial charge in [-0.1, -0.05) is 50.3 Å². The molecule has 1 N–H and O–H groups in total. The largest absolute Gasteiger partial charge is 0.493 e. The van der Waals surface area contributed by atoms with E-state index in [1.165, 1.54) is 5.56 Å². The summed E-state index contributed by atoms with van der Waals surface area (Å²) in [5.74, 6) is 2.22. The highest BCUT2D eigenvalue weighted by atomic mass is 16.5. The molecule has 0 saturated heterocycles. The highest BCUT2D eigenvalue weighted by Gasteiger charge is 2.15. The van der Waals surface area contributed by atoms with Gasteiger partial charge in [0.2, 0.25) is 5.91 Å². The molecule has 0 radical (unpaired) electrons. The van der Waals surface area contributed by atoms with E-state index in [1.807, 2.05) is 30.3 Å². The lowest BCUT2D eigenvalue weighted by atomic mass is 10.0. The van der Waals surface area contributed by atoms with Crippen molar-refractivity contribution < 1.29 is 9.53 Å². The molecule has 0 spiro atoms. The van der Waals surface area contributed by atoms with E-state index >= 15 is 0 Å². The summed E-state index contributed by atoms with van der Waals surface area (Å²) in [6.45, 7) is 10.1. The summed E-state index contributed by atoms with van der Waals surface area (Å²) in [5, 5.41) is 3.10. The van der Waals surface area contributed by atoms with Gasteiger partial charge in [0.15, 0.2) is 0 Å². The van der Waals surface area contributed by atoms with Crippen molar-refractivity contribution in [2.24, 2.45) is 5.92 Å². The SMILES string of the molecule is C=CCc1ccccc1OCCCCn1c(CCNC(=O)C(CC)CC)nc2ccccc21. The number of nitrogens with one attached hydrogen (secondary N) is 1. The number of para-hydroxylation sites is 3. The number of nitrogens with zero attached hydrogens (tertiary/aromatic N) is 2. The number of hydrogen-bond donors (Lipinski definition) is 1. The summed E-state index contributed by atoms with van der Waals surface area (Å²) in [7, 11) is 0. The van der Waals surface area contributed by atoms with E-state index in [0.717, 1.165) is 67.7 Å². The van der Waals surface area contributed by atoms with Gasteiger partial charge in [-0.25, -0.2) is 4.98 Å². The maximum Gasteiger partial charge on any atom is 0.223 e. The van der Waals surface area contributed by atoms with Crippen LogP contribution in [0.15, 0.2) is 61.2 Å². The average molecular weight is 448 g/mol. The van der Waals surface area contributed by atoms with Crippen LogP contribution in [0.5, 0.6) is 5.75 Å². The number of rotatable bonds is 14. The van der Waals surface area contributed by atoms with Crippen LogP contribution in [-0.2, 0) is 24.2 Å². The minimum Gasteiger partial charge on any atom is -0.493 e. The fraction of sp³-hybridized carbons (Fsp3) is 0.429. The third kappa shape index (κ3) is 6.70. The Morgan fingerprint density at radius 3 is 2.67 bits per heavy atom. The number of aryl methyl sites for hydroxylation is 1. The number of fused-ring (bicyclic) bond motifs is 1. The van der Waals surface area contributed by atoms with E-state index in [2.05, 4.69) is 54.6 Å². The number of aromatic nitrogens is 2. The van der Waals surface area contributed by atoms with Gasteiger partial charge in [0.25, 0.3) is 0 Å². The summed E-state index contributed by atoms with van der Waals surface area (Å²) < 4.78 is 8.34. The van der Waals surface area contributed by atoms with Crippen LogP contribution in [0.2, 0.25) is 0 Å². The molecule has 5 nitrogen and oxygen atoms in total. The number of unbranched alkanes of at least 4 members (excludes halogenated alkanes) is 1. The molecule has 33 heavy (non-hydrogen) atoms.